The maximum Gasteiger partial charge on any atom is 0.307 e. The number of hydrogen-bond donors (Lipinski definition) is 1. The highest BCUT2D eigenvalue weighted by atomic mass is 35.5. The molecule has 1 aromatic carbocycles. The van der Waals surface area contributed by atoms with Crippen LogP contribution >= 0.6 is 11.6 Å². The summed E-state index contributed by atoms with van der Waals surface area (Å²) >= 11 is 5.82. The third kappa shape index (κ3) is 5.52. The molecule has 100 valence electrons. The summed E-state index contributed by atoms with van der Waals surface area (Å²) in [6.45, 7) is 3.23. The van der Waals surface area contributed by atoms with Crippen molar-refractivity contribution in [2.75, 3.05) is 20.1 Å². The molecular formula is C14H20ClNO2. The number of aliphatic carboxylic acids is 1. The van der Waals surface area contributed by atoms with Crippen LogP contribution in [0.15, 0.2) is 24.3 Å². The molecule has 0 spiro atoms. The molecule has 1 N–H and O–H groups in total. The van der Waals surface area contributed by atoms with E-state index in [2.05, 4.69) is 4.90 Å². The lowest BCUT2D eigenvalue weighted by Crippen LogP contribution is -2.29. The molecule has 0 bridgehead atoms. The molecule has 0 saturated carbocycles. The molecule has 1 unspecified atom stereocenters. The van der Waals surface area contributed by atoms with Gasteiger partial charge in [-0.25, -0.2) is 0 Å². The van der Waals surface area contributed by atoms with Crippen molar-refractivity contribution in [1.82, 2.24) is 4.90 Å². The topological polar surface area (TPSA) is 40.5 Å². The molecule has 0 aliphatic carbocycles. The molecule has 1 rings (SSSR count). The molecule has 0 aliphatic heterocycles. The van der Waals surface area contributed by atoms with E-state index in [0.29, 0.717) is 6.54 Å². The summed E-state index contributed by atoms with van der Waals surface area (Å²) in [5.41, 5.74) is 1.26. The van der Waals surface area contributed by atoms with E-state index >= 15 is 0 Å². The molecule has 18 heavy (non-hydrogen) atoms. The molecule has 0 saturated heterocycles. The van der Waals surface area contributed by atoms with Gasteiger partial charge < -0.3 is 10.0 Å². The maximum absolute atomic E-state index is 10.7. The van der Waals surface area contributed by atoms with Gasteiger partial charge in [0, 0.05) is 11.6 Å². The van der Waals surface area contributed by atoms with Gasteiger partial charge in [0.1, 0.15) is 0 Å². The molecule has 0 aromatic heterocycles. The van der Waals surface area contributed by atoms with Crippen LogP contribution in [0.3, 0.4) is 0 Å². The minimum Gasteiger partial charge on any atom is -0.481 e. The van der Waals surface area contributed by atoms with Gasteiger partial charge in [-0.3, -0.25) is 4.79 Å². The first-order valence-electron chi connectivity index (χ1n) is 6.15. The van der Waals surface area contributed by atoms with Crippen molar-refractivity contribution in [2.24, 2.45) is 5.92 Å². The fourth-order valence-corrected chi connectivity index (χ4v) is 1.97. The van der Waals surface area contributed by atoms with Gasteiger partial charge in [0.25, 0.3) is 0 Å². The average Bonchev–Trinajstić information content (AvgIpc) is 2.31. The predicted molar refractivity (Wildman–Crippen MR) is 74.1 cm³/mol. The minimum atomic E-state index is -0.737. The Hall–Kier alpha value is -1.06. The van der Waals surface area contributed by atoms with Crippen molar-refractivity contribution >= 4 is 17.6 Å². The first-order valence-corrected chi connectivity index (χ1v) is 6.52. The van der Waals surface area contributed by atoms with Gasteiger partial charge in [-0.1, -0.05) is 30.7 Å². The van der Waals surface area contributed by atoms with Crippen molar-refractivity contribution in [1.29, 1.82) is 0 Å². The second kappa shape index (κ2) is 7.39. The van der Waals surface area contributed by atoms with Gasteiger partial charge in [0.05, 0.1) is 5.92 Å². The molecule has 1 aromatic rings. The van der Waals surface area contributed by atoms with Crippen LogP contribution in [0.2, 0.25) is 5.02 Å². The monoisotopic (exact) mass is 269 g/mol. The summed E-state index contributed by atoms with van der Waals surface area (Å²) in [6, 6.07) is 7.85. The second-order valence-electron chi connectivity index (χ2n) is 4.73. The summed E-state index contributed by atoms with van der Waals surface area (Å²) in [5, 5.41) is 9.58. The largest absolute Gasteiger partial charge is 0.481 e. The normalized spacial score (nSPS) is 12.7. The van der Waals surface area contributed by atoms with E-state index < -0.39 is 5.97 Å². The Morgan fingerprint density at radius 1 is 1.39 bits per heavy atom. The van der Waals surface area contributed by atoms with Crippen molar-refractivity contribution < 1.29 is 9.90 Å². The maximum atomic E-state index is 10.7. The van der Waals surface area contributed by atoms with E-state index in [1.165, 1.54) is 5.56 Å². The van der Waals surface area contributed by atoms with Crippen LogP contribution in [0.4, 0.5) is 0 Å². The number of carbonyl (C=O) groups is 1. The molecule has 0 amide bonds. The van der Waals surface area contributed by atoms with Crippen molar-refractivity contribution in [3.63, 3.8) is 0 Å². The zero-order chi connectivity index (χ0) is 13.5. The second-order valence-corrected chi connectivity index (χ2v) is 5.17. The van der Waals surface area contributed by atoms with Gasteiger partial charge in [0.2, 0.25) is 0 Å². The Balaban J connectivity index is 2.25. The predicted octanol–water partition coefficient (Wildman–Crippen LogP) is 2.93. The average molecular weight is 270 g/mol. The van der Waals surface area contributed by atoms with E-state index in [9.17, 15) is 4.79 Å². The van der Waals surface area contributed by atoms with Crippen LogP contribution < -0.4 is 0 Å². The van der Waals surface area contributed by atoms with Crippen LogP contribution in [0, 0.1) is 5.92 Å². The standard InChI is InChI=1S/C14H20ClNO2/c1-11(14(17)18)10-16(2)9-3-4-12-5-7-13(15)8-6-12/h5-8,11H,3-4,9-10H2,1-2H3,(H,17,18). The van der Waals surface area contributed by atoms with E-state index in [0.717, 1.165) is 24.4 Å². The lowest BCUT2D eigenvalue weighted by Gasteiger charge is -2.18. The molecule has 1 atom stereocenters. The van der Waals surface area contributed by atoms with Crippen LogP contribution in [0.25, 0.3) is 0 Å². The molecule has 0 aliphatic rings. The lowest BCUT2D eigenvalue weighted by molar-refractivity contribution is -0.141. The highest BCUT2D eigenvalue weighted by Crippen LogP contribution is 2.11. The fraction of sp³-hybridized carbons (Fsp3) is 0.500. The van der Waals surface area contributed by atoms with Crippen molar-refractivity contribution in [2.45, 2.75) is 19.8 Å². The zero-order valence-electron chi connectivity index (χ0n) is 10.9. The number of rotatable bonds is 7. The highest BCUT2D eigenvalue weighted by Gasteiger charge is 2.12. The third-order valence-corrected chi connectivity index (χ3v) is 3.18. The summed E-state index contributed by atoms with van der Waals surface area (Å²) in [4.78, 5) is 12.8. The van der Waals surface area contributed by atoms with Crippen LogP contribution in [-0.2, 0) is 11.2 Å². The Morgan fingerprint density at radius 2 is 2.00 bits per heavy atom. The van der Waals surface area contributed by atoms with E-state index in [1.54, 1.807) is 6.92 Å². The summed E-state index contributed by atoms with van der Waals surface area (Å²) in [5.74, 6) is -1.05. The smallest absolute Gasteiger partial charge is 0.307 e. The first-order chi connectivity index (χ1) is 8.49. The number of carboxylic acids is 1. The Kier molecular flexibility index (Phi) is 6.16. The lowest BCUT2D eigenvalue weighted by atomic mass is 10.1. The van der Waals surface area contributed by atoms with Crippen molar-refractivity contribution in [3.05, 3.63) is 34.9 Å². The van der Waals surface area contributed by atoms with Gasteiger partial charge in [-0.2, -0.15) is 0 Å². The molecule has 0 radical (unpaired) electrons. The van der Waals surface area contributed by atoms with Gasteiger partial charge >= 0.3 is 5.97 Å². The van der Waals surface area contributed by atoms with Crippen LogP contribution in [0.1, 0.15) is 18.9 Å². The number of benzene rings is 1. The number of nitrogens with zero attached hydrogens (tertiary/aromatic N) is 1. The zero-order valence-corrected chi connectivity index (χ0v) is 11.7. The minimum absolute atomic E-state index is 0.314. The van der Waals surface area contributed by atoms with Gasteiger partial charge in [0.15, 0.2) is 0 Å². The SMILES string of the molecule is CC(CN(C)CCCc1ccc(Cl)cc1)C(=O)O. The quantitative estimate of drug-likeness (QED) is 0.827. The summed E-state index contributed by atoms with van der Waals surface area (Å²) in [7, 11) is 1.96. The molecule has 4 heteroatoms. The molecule has 0 fully saturated rings. The first kappa shape index (κ1) is 15.0. The summed E-state index contributed by atoms with van der Waals surface area (Å²) < 4.78 is 0. The Bertz CT molecular complexity index is 378. The Morgan fingerprint density at radius 3 is 2.56 bits per heavy atom. The number of hydrogen-bond acceptors (Lipinski definition) is 2. The summed E-state index contributed by atoms with van der Waals surface area (Å²) in [6.07, 6.45) is 2.01. The molecule has 3 nitrogen and oxygen atoms in total. The highest BCUT2D eigenvalue weighted by molar-refractivity contribution is 6.30. The fourth-order valence-electron chi connectivity index (χ4n) is 1.84. The van der Waals surface area contributed by atoms with Gasteiger partial charge in [-0.05, 0) is 44.1 Å². The number of halogens is 1. The van der Waals surface area contributed by atoms with E-state index in [-0.39, 0.29) is 5.92 Å². The molecular weight excluding hydrogens is 250 g/mol. The molecule has 0 heterocycles. The van der Waals surface area contributed by atoms with E-state index in [4.69, 9.17) is 16.7 Å². The van der Waals surface area contributed by atoms with Gasteiger partial charge in [-0.15, -0.1) is 0 Å². The van der Waals surface area contributed by atoms with Crippen LogP contribution in [0.5, 0.6) is 0 Å². The van der Waals surface area contributed by atoms with E-state index in [1.807, 2.05) is 31.3 Å². The number of aryl methyl sites for hydroxylation is 1. The van der Waals surface area contributed by atoms with Crippen LogP contribution in [-0.4, -0.2) is 36.1 Å². The number of carboxylic acid groups (broad SMARTS) is 1. The Labute approximate surface area is 113 Å². The van der Waals surface area contributed by atoms with Crippen molar-refractivity contribution in [3.8, 4) is 0 Å². The third-order valence-electron chi connectivity index (χ3n) is 2.93.